The Labute approximate surface area is 96.6 Å². The van der Waals surface area contributed by atoms with Gasteiger partial charge in [-0.2, -0.15) is 0 Å². The topological polar surface area (TPSA) is 0 Å². The largest absolute Gasteiger partial charge is 0.108 e. The normalized spacial score (nSPS) is 41.5. The minimum Gasteiger partial charge on any atom is -0.0672 e. The fourth-order valence-corrected chi connectivity index (χ4v) is 3.69. The van der Waals surface area contributed by atoms with Gasteiger partial charge in [0.05, 0.1) is 0 Å². The van der Waals surface area contributed by atoms with Crippen LogP contribution in [0.2, 0.25) is 5.31 Å². The predicted octanol–water partition coefficient (Wildman–Crippen LogP) is 3.67. The van der Waals surface area contributed by atoms with Gasteiger partial charge in [0.15, 0.2) is 0 Å². The van der Waals surface area contributed by atoms with E-state index in [-0.39, 0.29) is 0 Å². The molecule has 15 heavy (non-hydrogen) atoms. The van der Waals surface area contributed by atoms with Crippen molar-refractivity contribution < 1.29 is 0 Å². The number of rotatable bonds is 3. The summed E-state index contributed by atoms with van der Waals surface area (Å²) >= 11 is 0. The summed E-state index contributed by atoms with van der Waals surface area (Å²) in [6.07, 6.45) is 9.09. The Kier molecular flexibility index (Phi) is 3.19. The third-order valence-corrected chi connectivity index (χ3v) is 4.57. The number of hydrogen-bond acceptors (Lipinski definition) is 0. The highest BCUT2D eigenvalue weighted by molar-refractivity contribution is 6.14. The molecule has 0 aliphatic heterocycles. The molecule has 0 aromatic heterocycles. The van der Waals surface area contributed by atoms with Crippen LogP contribution in [0.4, 0.5) is 0 Å². The molecular formula is C14H27B. The fraction of sp³-hybridized carbons (Fsp3) is 1.00. The Balaban J connectivity index is 1.72. The van der Waals surface area contributed by atoms with Crippen molar-refractivity contribution in [1.82, 2.24) is 0 Å². The van der Waals surface area contributed by atoms with Crippen LogP contribution in [-0.4, -0.2) is 7.85 Å². The van der Waals surface area contributed by atoms with Crippen LogP contribution in [0.15, 0.2) is 0 Å². The Morgan fingerprint density at radius 3 is 2.07 bits per heavy atom. The van der Waals surface area contributed by atoms with Gasteiger partial charge < -0.3 is 0 Å². The van der Waals surface area contributed by atoms with Crippen LogP contribution in [0.3, 0.4) is 0 Å². The zero-order valence-corrected chi connectivity index (χ0v) is 11.1. The second-order valence-electron chi connectivity index (χ2n) is 7.42. The summed E-state index contributed by atoms with van der Waals surface area (Å²) in [5.74, 6) is 4.33. The van der Waals surface area contributed by atoms with E-state index in [1.807, 2.05) is 0 Å². The molecule has 0 spiro atoms. The van der Waals surface area contributed by atoms with E-state index in [0.29, 0.717) is 5.31 Å². The molecule has 0 amide bonds. The quantitative estimate of drug-likeness (QED) is 0.618. The van der Waals surface area contributed by atoms with Gasteiger partial charge in [-0.15, -0.1) is 0 Å². The van der Waals surface area contributed by atoms with Crippen LogP contribution in [-0.2, 0) is 0 Å². The molecular weight excluding hydrogens is 179 g/mol. The molecule has 1 heteroatoms. The smallest absolute Gasteiger partial charge is 0.0672 e. The molecule has 0 bridgehead atoms. The van der Waals surface area contributed by atoms with Gasteiger partial charge in [-0.05, 0) is 42.9 Å². The van der Waals surface area contributed by atoms with Gasteiger partial charge in [0.1, 0.15) is 7.85 Å². The van der Waals surface area contributed by atoms with Crippen LogP contribution in [0.25, 0.3) is 0 Å². The first-order valence-corrected chi connectivity index (χ1v) is 6.96. The summed E-state index contributed by atoms with van der Waals surface area (Å²) in [5, 5.41) is 0.546. The molecule has 2 atom stereocenters. The van der Waals surface area contributed by atoms with Gasteiger partial charge in [-0.25, -0.2) is 0 Å². The van der Waals surface area contributed by atoms with E-state index >= 15 is 0 Å². The van der Waals surface area contributed by atoms with Gasteiger partial charge in [0, 0.05) is 0 Å². The molecule has 0 heterocycles. The van der Waals surface area contributed by atoms with Crippen LogP contribution in [0.1, 0.15) is 59.3 Å². The third kappa shape index (κ3) is 3.26. The van der Waals surface area contributed by atoms with E-state index < -0.39 is 0 Å². The Bertz CT molecular complexity index is 208. The minimum absolute atomic E-state index is 0.546. The molecule has 2 rings (SSSR count). The first-order chi connectivity index (χ1) is 6.96. The molecule has 0 N–H and O–H groups in total. The monoisotopic (exact) mass is 206 g/mol. The van der Waals surface area contributed by atoms with Gasteiger partial charge in [0.2, 0.25) is 0 Å². The molecule has 0 aromatic rings. The van der Waals surface area contributed by atoms with Crippen LogP contribution in [0.5, 0.6) is 0 Å². The van der Waals surface area contributed by atoms with Gasteiger partial charge >= 0.3 is 0 Å². The maximum atomic E-state index is 2.44. The average molecular weight is 206 g/mol. The Morgan fingerprint density at radius 2 is 1.67 bits per heavy atom. The predicted molar refractivity (Wildman–Crippen MR) is 69.9 cm³/mol. The van der Waals surface area contributed by atoms with Crippen LogP contribution in [0, 0.1) is 23.7 Å². The molecule has 0 aromatic carbocycles. The number of hydrogen-bond donors (Lipinski definition) is 0. The zero-order valence-electron chi connectivity index (χ0n) is 11.1. The van der Waals surface area contributed by atoms with Crippen LogP contribution < -0.4 is 0 Å². The molecule has 2 saturated carbocycles. The molecule has 2 unspecified atom stereocenters. The van der Waals surface area contributed by atoms with E-state index in [9.17, 15) is 0 Å². The molecule has 0 saturated heterocycles. The lowest BCUT2D eigenvalue weighted by atomic mass is 9.64. The Hall–Kier alpha value is 0.0649. The maximum Gasteiger partial charge on any atom is 0.108 e. The lowest BCUT2D eigenvalue weighted by Gasteiger charge is -2.33. The molecule has 0 radical (unpaired) electrons. The van der Waals surface area contributed by atoms with E-state index in [1.165, 1.54) is 38.5 Å². The minimum atomic E-state index is 0.546. The third-order valence-electron chi connectivity index (χ3n) is 4.57. The summed E-state index contributed by atoms with van der Waals surface area (Å²) in [4.78, 5) is 0. The zero-order chi connectivity index (χ0) is 11.1. The van der Waals surface area contributed by atoms with Crippen molar-refractivity contribution in [3.8, 4) is 0 Å². The average Bonchev–Trinajstić information content (AvgIpc) is 2.81. The molecule has 2 fully saturated rings. The van der Waals surface area contributed by atoms with Crippen molar-refractivity contribution in [2.75, 3.05) is 0 Å². The molecule has 86 valence electrons. The van der Waals surface area contributed by atoms with Gasteiger partial charge in [-0.1, -0.05) is 45.3 Å². The molecule has 2 aliphatic carbocycles. The standard InChI is InChI=1S/C14H27B/c1-10-8-13(10)12-6-4-11(5-7-12)9-14(2,3)15/h10-13H,4-9,15H2,1-3H3. The van der Waals surface area contributed by atoms with Crippen LogP contribution >= 0.6 is 0 Å². The van der Waals surface area contributed by atoms with Crippen molar-refractivity contribution >= 4 is 7.85 Å². The maximum absolute atomic E-state index is 2.44. The highest BCUT2D eigenvalue weighted by atomic mass is 14.5. The fourth-order valence-electron chi connectivity index (χ4n) is 3.69. The molecule has 0 nitrogen and oxygen atoms in total. The summed E-state index contributed by atoms with van der Waals surface area (Å²) in [6.45, 7) is 7.22. The molecule has 2 aliphatic rings. The van der Waals surface area contributed by atoms with Crippen molar-refractivity contribution in [3.63, 3.8) is 0 Å². The van der Waals surface area contributed by atoms with E-state index in [2.05, 4.69) is 28.6 Å². The van der Waals surface area contributed by atoms with Crippen molar-refractivity contribution in [2.45, 2.75) is 64.6 Å². The first-order valence-electron chi connectivity index (χ1n) is 6.96. The van der Waals surface area contributed by atoms with Gasteiger partial charge in [-0.3, -0.25) is 0 Å². The summed E-state index contributed by atoms with van der Waals surface area (Å²) in [5.41, 5.74) is 0. The highest BCUT2D eigenvalue weighted by Crippen LogP contribution is 2.50. The SMILES string of the molecule is BC(C)(C)CC1CCC(C2CC2C)CC1. The lowest BCUT2D eigenvalue weighted by Crippen LogP contribution is -2.19. The Morgan fingerprint density at radius 1 is 1.13 bits per heavy atom. The van der Waals surface area contributed by atoms with Crippen molar-refractivity contribution in [3.05, 3.63) is 0 Å². The van der Waals surface area contributed by atoms with E-state index in [1.54, 1.807) is 0 Å². The second-order valence-corrected chi connectivity index (χ2v) is 7.42. The highest BCUT2D eigenvalue weighted by Gasteiger charge is 2.40. The second kappa shape index (κ2) is 4.15. The lowest BCUT2D eigenvalue weighted by molar-refractivity contribution is 0.226. The summed E-state index contributed by atoms with van der Waals surface area (Å²) < 4.78 is 0. The van der Waals surface area contributed by atoms with Crippen molar-refractivity contribution in [2.24, 2.45) is 23.7 Å². The van der Waals surface area contributed by atoms with Gasteiger partial charge in [0.25, 0.3) is 0 Å². The van der Waals surface area contributed by atoms with E-state index in [0.717, 1.165) is 23.7 Å². The first kappa shape index (κ1) is 11.5. The summed E-state index contributed by atoms with van der Waals surface area (Å²) in [6, 6.07) is 0. The van der Waals surface area contributed by atoms with Crippen molar-refractivity contribution in [1.29, 1.82) is 0 Å². The van der Waals surface area contributed by atoms with E-state index in [4.69, 9.17) is 0 Å². The summed E-state index contributed by atoms with van der Waals surface area (Å²) in [7, 11) is 2.39.